The molecule has 2 heterocycles. The van der Waals surface area contributed by atoms with Crippen LogP contribution in [0.15, 0.2) is 30.3 Å². The molecular formula is C17H20N4O2. The maximum atomic E-state index is 12.2. The van der Waals surface area contributed by atoms with Gasteiger partial charge in [0, 0.05) is 18.5 Å². The van der Waals surface area contributed by atoms with Crippen molar-refractivity contribution in [3.63, 3.8) is 0 Å². The van der Waals surface area contributed by atoms with Crippen LogP contribution in [0.4, 0.5) is 4.79 Å². The number of hydrogen-bond acceptors (Lipinski definition) is 5. The lowest BCUT2D eigenvalue weighted by Gasteiger charge is -2.30. The van der Waals surface area contributed by atoms with Crippen LogP contribution in [0.3, 0.4) is 0 Å². The highest BCUT2D eigenvalue weighted by Crippen LogP contribution is 2.20. The van der Waals surface area contributed by atoms with E-state index in [0.717, 1.165) is 17.0 Å². The third kappa shape index (κ3) is 3.64. The lowest BCUT2D eigenvalue weighted by atomic mass is 10.1. The highest BCUT2D eigenvalue weighted by Gasteiger charge is 2.27. The maximum Gasteiger partial charge on any atom is 0.410 e. The molecule has 0 bridgehead atoms. The summed E-state index contributed by atoms with van der Waals surface area (Å²) in [6.07, 6.45) is 0.326. The largest absolute Gasteiger partial charge is 0.444 e. The van der Waals surface area contributed by atoms with Crippen molar-refractivity contribution < 1.29 is 9.53 Å². The van der Waals surface area contributed by atoms with E-state index >= 15 is 0 Å². The standard InChI is InChI=1S/C17H20N4O2/c1-17(2,3)23-16(22)21-10-9-13-14(11-21)18-15(20-19-13)12-7-5-4-6-8-12/h4-8H,9-11H2,1-3H3. The zero-order valence-electron chi connectivity index (χ0n) is 13.6. The number of carbonyl (C=O) groups excluding carboxylic acids is 1. The predicted molar refractivity (Wildman–Crippen MR) is 85.6 cm³/mol. The monoisotopic (exact) mass is 312 g/mol. The molecule has 0 aliphatic carbocycles. The van der Waals surface area contributed by atoms with Crippen molar-refractivity contribution in [2.24, 2.45) is 0 Å². The molecule has 1 amide bonds. The van der Waals surface area contributed by atoms with E-state index in [9.17, 15) is 4.79 Å². The Morgan fingerprint density at radius 3 is 2.57 bits per heavy atom. The van der Waals surface area contributed by atoms with Crippen molar-refractivity contribution >= 4 is 6.09 Å². The summed E-state index contributed by atoms with van der Waals surface area (Å²) in [6.45, 7) is 6.56. The molecule has 3 rings (SSSR count). The number of amides is 1. The van der Waals surface area contributed by atoms with Gasteiger partial charge in [-0.25, -0.2) is 9.78 Å². The molecule has 0 fully saturated rings. The average Bonchev–Trinajstić information content (AvgIpc) is 2.53. The fraction of sp³-hybridized carbons (Fsp3) is 0.412. The predicted octanol–water partition coefficient (Wildman–Crippen LogP) is 2.83. The number of fused-ring (bicyclic) bond motifs is 1. The van der Waals surface area contributed by atoms with Crippen molar-refractivity contribution in [2.75, 3.05) is 6.54 Å². The zero-order valence-corrected chi connectivity index (χ0v) is 13.6. The Bertz CT molecular complexity index is 710. The first-order valence-electron chi connectivity index (χ1n) is 7.68. The molecule has 1 aliphatic heterocycles. The summed E-state index contributed by atoms with van der Waals surface area (Å²) in [5.74, 6) is 0.579. The van der Waals surface area contributed by atoms with E-state index in [4.69, 9.17) is 4.74 Å². The highest BCUT2D eigenvalue weighted by atomic mass is 16.6. The average molecular weight is 312 g/mol. The summed E-state index contributed by atoms with van der Waals surface area (Å²) in [4.78, 5) is 18.5. The molecule has 1 aliphatic rings. The summed E-state index contributed by atoms with van der Waals surface area (Å²) in [5.41, 5.74) is 2.05. The Labute approximate surface area is 135 Å². The van der Waals surface area contributed by atoms with Gasteiger partial charge in [0.05, 0.1) is 17.9 Å². The Kier molecular flexibility index (Phi) is 3.98. The Hall–Kier alpha value is -2.50. The number of benzene rings is 1. The van der Waals surface area contributed by atoms with Gasteiger partial charge in [-0.05, 0) is 20.8 Å². The van der Waals surface area contributed by atoms with Crippen LogP contribution in [-0.2, 0) is 17.7 Å². The van der Waals surface area contributed by atoms with E-state index < -0.39 is 5.60 Å². The third-order valence-electron chi connectivity index (χ3n) is 3.48. The van der Waals surface area contributed by atoms with Gasteiger partial charge in [-0.3, -0.25) is 0 Å². The second-order valence-electron chi connectivity index (χ2n) is 6.55. The van der Waals surface area contributed by atoms with Crippen LogP contribution in [0.5, 0.6) is 0 Å². The van der Waals surface area contributed by atoms with Crippen LogP contribution in [0.1, 0.15) is 32.2 Å². The van der Waals surface area contributed by atoms with Gasteiger partial charge >= 0.3 is 6.09 Å². The van der Waals surface area contributed by atoms with Crippen molar-refractivity contribution in [1.29, 1.82) is 0 Å². The lowest BCUT2D eigenvalue weighted by molar-refractivity contribution is 0.0219. The molecule has 0 spiro atoms. The van der Waals surface area contributed by atoms with Crippen LogP contribution in [0.2, 0.25) is 0 Å². The molecule has 0 N–H and O–H groups in total. The van der Waals surface area contributed by atoms with Gasteiger partial charge in [-0.15, -0.1) is 5.10 Å². The van der Waals surface area contributed by atoms with Crippen molar-refractivity contribution in [3.05, 3.63) is 41.7 Å². The van der Waals surface area contributed by atoms with Gasteiger partial charge in [-0.1, -0.05) is 30.3 Å². The van der Waals surface area contributed by atoms with Crippen molar-refractivity contribution in [3.8, 4) is 11.4 Å². The van der Waals surface area contributed by atoms with Gasteiger partial charge in [0.15, 0.2) is 5.82 Å². The fourth-order valence-electron chi connectivity index (χ4n) is 2.39. The summed E-state index contributed by atoms with van der Waals surface area (Å²) in [6, 6.07) is 9.70. The lowest BCUT2D eigenvalue weighted by Crippen LogP contribution is -2.40. The van der Waals surface area contributed by atoms with Crippen LogP contribution in [0.25, 0.3) is 11.4 Å². The first kappa shape index (κ1) is 15.4. The highest BCUT2D eigenvalue weighted by molar-refractivity contribution is 5.68. The minimum atomic E-state index is -0.503. The van der Waals surface area contributed by atoms with Crippen LogP contribution < -0.4 is 0 Å². The second-order valence-corrected chi connectivity index (χ2v) is 6.55. The molecule has 23 heavy (non-hydrogen) atoms. The summed E-state index contributed by atoms with van der Waals surface area (Å²) < 4.78 is 5.43. The summed E-state index contributed by atoms with van der Waals surface area (Å²) in [7, 11) is 0. The molecule has 0 saturated carbocycles. The molecule has 120 valence electrons. The molecular weight excluding hydrogens is 292 g/mol. The van der Waals surface area contributed by atoms with E-state index in [0.29, 0.717) is 25.3 Å². The molecule has 0 saturated heterocycles. The van der Waals surface area contributed by atoms with Crippen LogP contribution >= 0.6 is 0 Å². The van der Waals surface area contributed by atoms with E-state index in [1.807, 2.05) is 51.1 Å². The second kappa shape index (κ2) is 5.95. The Morgan fingerprint density at radius 1 is 1.13 bits per heavy atom. The molecule has 2 aromatic rings. The smallest absolute Gasteiger partial charge is 0.410 e. The minimum absolute atomic E-state index is 0.317. The Balaban J connectivity index is 1.81. The molecule has 0 atom stereocenters. The minimum Gasteiger partial charge on any atom is -0.444 e. The van der Waals surface area contributed by atoms with E-state index in [1.54, 1.807) is 4.90 Å². The number of nitrogens with zero attached hydrogens (tertiary/aromatic N) is 4. The zero-order chi connectivity index (χ0) is 16.4. The van der Waals surface area contributed by atoms with E-state index in [-0.39, 0.29) is 6.09 Å². The van der Waals surface area contributed by atoms with Crippen molar-refractivity contribution in [2.45, 2.75) is 39.3 Å². The number of hydrogen-bond donors (Lipinski definition) is 0. The molecule has 6 heteroatoms. The van der Waals surface area contributed by atoms with Crippen LogP contribution in [-0.4, -0.2) is 38.3 Å². The third-order valence-corrected chi connectivity index (χ3v) is 3.48. The van der Waals surface area contributed by atoms with Gasteiger partial charge in [0.25, 0.3) is 0 Å². The molecule has 1 aromatic heterocycles. The number of aromatic nitrogens is 3. The molecule has 1 aromatic carbocycles. The maximum absolute atomic E-state index is 12.2. The van der Waals surface area contributed by atoms with E-state index in [2.05, 4.69) is 15.2 Å². The molecule has 6 nitrogen and oxygen atoms in total. The van der Waals surface area contributed by atoms with Gasteiger partial charge in [-0.2, -0.15) is 5.10 Å². The van der Waals surface area contributed by atoms with Gasteiger partial charge in [0.1, 0.15) is 5.60 Å². The first-order valence-corrected chi connectivity index (χ1v) is 7.68. The van der Waals surface area contributed by atoms with Gasteiger partial charge < -0.3 is 9.64 Å². The summed E-state index contributed by atoms with van der Waals surface area (Å²) >= 11 is 0. The van der Waals surface area contributed by atoms with Gasteiger partial charge in [0.2, 0.25) is 0 Å². The normalized spacial score (nSPS) is 14.3. The van der Waals surface area contributed by atoms with Crippen molar-refractivity contribution in [1.82, 2.24) is 20.1 Å². The fourth-order valence-corrected chi connectivity index (χ4v) is 2.39. The SMILES string of the molecule is CC(C)(C)OC(=O)N1CCc2nnc(-c3ccccc3)nc2C1. The van der Waals surface area contributed by atoms with Crippen LogP contribution in [0, 0.1) is 0 Å². The quantitative estimate of drug-likeness (QED) is 0.810. The molecule has 0 radical (unpaired) electrons. The first-order chi connectivity index (χ1) is 10.9. The Morgan fingerprint density at radius 2 is 1.87 bits per heavy atom. The van der Waals surface area contributed by atoms with E-state index in [1.165, 1.54) is 0 Å². The molecule has 0 unspecified atom stereocenters. The topological polar surface area (TPSA) is 68.2 Å². The number of rotatable bonds is 1. The summed E-state index contributed by atoms with van der Waals surface area (Å²) in [5, 5.41) is 8.47. The number of carbonyl (C=O) groups is 1. The number of ether oxygens (including phenoxy) is 1.